The topological polar surface area (TPSA) is 29.0 Å². The predicted molar refractivity (Wildman–Crippen MR) is 78.0 cm³/mol. The van der Waals surface area contributed by atoms with Gasteiger partial charge in [0.25, 0.3) is 0 Å². The number of aryl methyl sites for hydroxylation is 1. The normalized spacial score (nSPS) is 11.9. The van der Waals surface area contributed by atoms with E-state index in [-0.39, 0.29) is 0 Å². The van der Waals surface area contributed by atoms with Crippen LogP contribution in [0.3, 0.4) is 0 Å². The van der Waals surface area contributed by atoms with E-state index in [1.807, 2.05) is 18.9 Å². The molecule has 0 aliphatic heterocycles. The first kappa shape index (κ1) is 16.4. The van der Waals surface area contributed by atoms with Gasteiger partial charge in [-0.2, -0.15) is 13.2 Å². The summed E-state index contributed by atoms with van der Waals surface area (Å²) in [6.07, 6.45) is -0.0122. The molecule has 2 aromatic rings. The third kappa shape index (κ3) is 4.53. The second-order valence-corrected chi connectivity index (χ2v) is 5.23. The maximum atomic E-state index is 12.7. The highest BCUT2D eigenvalue weighted by molar-refractivity contribution is 5.25. The van der Waals surface area contributed by atoms with Crippen molar-refractivity contribution in [2.75, 3.05) is 7.05 Å². The van der Waals surface area contributed by atoms with E-state index in [4.69, 9.17) is 0 Å². The SMILES string of the molecule is CCc1ncc(CN(C)Cc2cccc(C(F)(F)F)c2)cn1. The summed E-state index contributed by atoms with van der Waals surface area (Å²) in [4.78, 5) is 10.4. The molecule has 0 unspecified atom stereocenters. The van der Waals surface area contributed by atoms with Crippen LogP contribution in [-0.2, 0) is 25.7 Å². The van der Waals surface area contributed by atoms with Crippen LogP contribution < -0.4 is 0 Å². The minimum absolute atomic E-state index is 0.430. The number of alkyl halides is 3. The predicted octanol–water partition coefficient (Wildman–Crippen LogP) is 3.69. The highest BCUT2D eigenvalue weighted by Crippen LogP contribution is 2.29. The highest BCUT2D eigenvalue weighted by atomic mass is 19.4. The minimum atomic E-state index is -4.31. The molecule has 1 heterocycles. The van der Waals surface area contributed by atoms with Crippen LogP contribution in [0, 0.1) is 0 Å². The molecule has 3 nitrogen and oxygen atoms in total. The lowest BCUT2D eigenvalue weighted by molar-refractivity contribution is -0.137. The molecule has 0 fully saturated rings. The van der Waals surface area contributed by atoms with Crippen LogP contribution >= 0.6 is 0 Å². The zero-order chi connectivity index (χ0) is 16.2. The monoisotopic (exact) mass is 309 g/mol. The van der Waals surface area contributed by atoms with Gasteiger partial charge in [-0.05, 0) is 18.7 Å². The lowest BCUT2D eigenvalue weighted by Crippen LogP contribution is -2.18. The summed E-state index contributed by atoms with van der Waals surface area (Å²) in [6.45, 7) is 2.99. The third-order valence-corrected chi connectivity index (χ3v) is 3.23. The van der Waals surface area contributed by atoms with Crippen LogP contribution in [0.5, 0.6) is 0 Å². The van der Waals surface area contributed by atoms with Crippen LogP contribution in [0.4, 0.5) is 13.2 Å². The van der Waals surface area contributed by atoms with E-state index in [0.717, 1.165) is 23.9 Å². The Morgan fingerprint density at radius 2 is 1.68 bits per heavy atom. The number of benzene rings is 1. The van der Waals surface area contributed by atoms with Gasteiger partial charge in [-0.1, -0.05) is 25.1 Å². The second kappa shape index (κ2) is 6.87. The summed E-state index contributed by atoms with van der Waals surface area (Å²) in [5, 5.41) is 0. The van der Waals surface area contributed by atoms with E-state index < -0.39 is 11.7 Å². The molecular weight excluding hydrogens is 291 g/mol. The van der Waals surface area contributed by atoms with Crippen molar-refractivity contribution < 1.29 is 13.2 Å². The zero-order valence-corrected chi connectivity index (χ0v) is 12.6. The van der Waals surface area contributed by atoms with E-state index in [0.29, 0.717) is 18.7 Å². The molecule has 1 aromatic heterocycles. The Balaban J connectivity index is 2.00. The summed E-state index contributed by atoms with van der Waals surface area (Å²) in [5.74, 6) is 0.782. The summed E-state index contributed by atoms with van der Waals surface area (Å²) < 4.78 is 38.1. The van der Waals surface area contributed by atoms with Crippen LogP contribution in [0.1, 0.15) is 29.4 Å². The number of aromatic nitrogens is 2. The Labute approximate surface area is 127 Å². The smallest absolute Gasteiger partial charge is 0.298 e. The van der Waals surface area contributed by atoms with Gasteiger partial charge >= 0.3 is 6.18 Å². The molecule has 0 aliphatic carbocycles. The standard InChI is InChI=1S/C16H18F3N3/c1-3-15-20-8-13(9-21-15)11-22(2)10-12-5-4-6-14(7-12)16(17,18)19/h4-9H,3,10-11H2,1-2H3. The Bertz CT molecular complexity index is 609. The Morgan fingerprint density at radius 3 is 2.27 bits per heavy atom. The van der Waals surface area contributed by atoms with Crippen molar-refractivity contribution in [3.63, 3.8) is 0 Å². The van der Waals surface area contributed by atoms with Crippen LogP contribution in [-0.4, -0.2) is 21.9 Å². The quantitative estimate of drug-likeness (QED) is 0.843. The first-order valence-corrected chi connectivity index (χ1v) is 7.03. The molecule has 0 N–H and O–H groups in total. The molecular formula is C16H18F3N3. The van der Waals surface area contributed by atoms with Crippen molar-refractivity contribution in [2.24, 2.45) is 0 Å². The number of hydrogen-bond donors (Lipinski definition) is 0. The van der Waals surface area contributed by atoms with Gasteiger partial charge in [0.2, 0.25) is 0 Å². The number of nitrogens with zero attached hydrogens (tertiary/aromatic N) is 3. The molecule has 0 saturated carbocycles. The highest BCUT2D eigenvalue weighted by Gasteiger charge is 2.30. The van der Waals surface area contributed by atoms with E-state index in [1.165, 1.54) is 12.1 Å². The Hall–Kier alpha value is -1.95. The lowest BCUT2D eigenvalue weighted by Gasteiger charge is -2.17. The third-order valence-electron chi connectivity index (χ3n) is 3.23. The van der Waals surface area contributed by atoms with Crippen molar-refractivity contribution in [2.45, 2.75) is 32.6 Å². The van der Waals surface area contributed by atoms with E-state index in [2.05, 4.69) is 9.97 Å². The molecule has 0 bridgehead atoms. The minimum Gasteiger partial charge on any atom is -0.298 e. The van der Waals surface area contributed by atoms with Gasteiger partial charge in [0, 0.05) is 37.5 Å². The fraction of sp³-hybridized carbons (Fsp3) is 0.375. The first-order valence-electron chi connectivity index (χ1n) is 7.03. The summed E-state index contributed by atoms with van der Waals surface area (Å²) in [7, 11) is 1.86. The largest absolute Gasteiger partial charge is 0.416 e. The number of hydrogen-bond acceptors (Lipinski definition) is 3. The van der Waals surface area contributed by atoms with Crippen molar-refractivity contribution in [3.8, 4) is 0 Å². The fourth-order valence-electron chi connectivity index (χ4n) is 2.17. The summed E-state index contributed by atoms with van der Waals surface area (Å²) in [5.41, 5.74) is 0.948. The van der Waals surface area contributed by atoms with E-state index in [9.17, 15) is 13.2 Å². The van der Waals surface area contributed by atoms with Crippen molar-refractivity contribution >= 4 is 0 Å². The molecule has 22 heavy (non-hydrogen) atoms. The molecule has 0 radical (unpaired) electrons. The van der Waals surface area contributed by atoms with Crippen molar-refractivity contribution in [1.29, 1.82) is 0 Å². The fourth-order valence-corrected chi connectivity index (χ4v) is 2.17. The molecule has 1 aromatic carbocycles. The summed E-state index contributed by atoms with van der Waals surface area (Å²) >= 11 is 0. The zero-order valence-electron chi connectivity index (χ0n) is 12.6. The molecule has 0 saturated heterocycles. The van der Waals surface area contributed by atoms with Gasteiger partial charge in [0.05, 0.1) is 5.56 Å². The molecule has 0 spiro atoms. The van der Waals surface area contributed by atoms with Gasteiger partial charge in [-0.3, -0.25) is 4.90 Å². The second-order valence-electron chi connectivity index (χ2n) is 5.23. The van der Waals surface area contributed by atoms with Gasteiger partial charge in [0.1, 0.15) is 5.82 Å². The van der Waals surface area contributed by atoms with E-state index >= 15 is 0 Å². The van der Waals surface area contributed by atoms with Crippen LogP contribution in [0.15, 0.2) is 36.7 Å². The molecule has 118 valence electrons. The first-order chi connectivity index (χ1) is 10.4. The van der Waals surface area contributed by atoms with Gasteiger partial charge in [-0.15, -0.1) is 0 Å². The number of halogens is 3. The van der Waals surface area contributed by atoms with Gasteiger partial charge in [0.15, 0.2) is 0 Å². The lowest BCUT2D eigenvalue weighted by atomic mass is 10.1. The molecule has 2 rings (SSSR count). The van der Waals surface area contributed by atoms with E-state index in [1.54, 1.807) is 18.5 Å². The summed E-state index contributed by atoms with van der Waals surface area (Å²) in [6, 6.07) is 5.40. The average Bonchev–Trinajstić information content (AvgIpc) is 2.47. The molecule has 6 heteroatoms. The Morgan fingerprint density at radius 1 is 1.05 bits per heavy atom. The number of rotatable bonds is 5. The van der Waals surface area contributed by atoms with Gasteiger partial charge in [-0.25, -0.2) is 9.97 Å². The average molecular weight is 309 g/mol. The maximum Gasteiger partial charge on any atom is 0.416 e. The molecule has 0 amide bonds. The Kier molecular flexibility index (Phi) is 5.13. The van der Waals surface area contributed by atoms with Crippen LogP contribution in [0.25, 0.3) is 0 Å². The maximum absolute atomic E-state index is 12.7. The van der Waals surface area contributed by atoms with Crippen molar-refractivity contribution in [3.05, 3.63) is 59.2 Å². The molecule has 0 aliphatic rings. The molecule has 0 atom stereocenters. The van der Waals surface area contributed by atoms with Gasteiger partial charge < -0.3 is 0 Å². The van der Waals surface area contributed by atoms with Crippen LogP contribution in [0.2, 0.25) is 0 Å². The van der Waals surface area contributed by atoms with Crippen molar-refractivity contribution in [1.82, 2.24) is 14.9 Å².